The third-order valence-corrected chi connectivity index (χ3v) is 2.91. The molecule has 0 saturated heterocycles. The molecule has 0 bridgehead atoms. The van der Waals surface area contributed by atoms with Gasteiger partial charge in [0.2, 0.25) is 0 Å². The second kappa shape index (κ2) is 8.94. The molecule has 19 heavy (non-hydrogen) atoms. The minimum Gasteiger partial charge on any atom is -0.492 e. The SMILES string of the molecule is CCOCCNCCOc1cc(C)cc(C(C)C)c1. The Bertz CT molecular complexity index is 364. The lowest BCUT2D eigenvalue weighted by molar-refractivity contribution is 0.148. The van der Waals surface area contributed by atoms with Gasteiger partial charge in [-0.25, -0.2) is 0 Å². The van der Waals surface area contributed by atoms with Gasteiger partial charge >= 0.3 is 0 Å². The number of hydrogen-bond acceptors (Lipinski definition) is 3. The predicted octanol–water partition coefficient (Wildman–Crippen LogP) is 3.12. The molecule has 0 amide bonds. The maximum atomic E-state index is 5.78. The average Bonchev–Trinajstić information content (AvgIpc) is 2.37. The first-order chi connectivity index (χ1) is 9.13. The average molecular weight is 265 g/mol. The van der Waals surface area contributed by atoms with Crippen LogP contribution in [0, 0.1) is 6.92 Å². The van der Waals surface area contributed by atoms with Crippen molar-refractivity contribution in [2.45, 2.75) is 33.6 Å². The van der Waals surface area contributed by atoms with Crippen molar-refractivity contribution in [2.75, 3.05) is 32.9 Å². The first-order valence-electron chi connectivity index (χ1n) is 7.16. The fourth-order valence-electron chi connectivity index (χ4n) is 1.85. The van der Waals surface area contributed by atoms with E-state index in [1.807, 2.05) is 6.92 Å². The predicted molar refractivity (Wildman–Crippen MR) is 80.1 cm³/mol. The Balaban J connectivity index is 2.29. The highest BCUT2D eigenvalue weighted by Gasteiger charge is 2.03. The smallest absolute Gasteiger partial charge is 0.119 e. The molecule has 3 heteroatoms. The third kappa shape index (κ3) is 6.60. The minimum absolute atomic E-state index is 0.534. The van der Waals surface area contributed by atoms with Crippen molar-refractivity contribution in [3.8, 4) is 5.75 Å². The molecular formula is C16H27NO2. The maximum absolute atomic E-state index is 5.78. The lowest BCUT2D eigenvalue weighted by atomic mass is 10.0. The summed E-state index contributed by atoms with van der Waals surface area (Å²) >= 11 is 0. The molecule has 0 atom stereocenters. The van der Waals surface area contributed by atoms with Gasteiger partial charge in [-0.05, 0) is 43.0 Å². The van der Waals surface area contributed by atoms with Crippen LogP contribution in [0.25, 0.3) is 0 Å². The van der Waals surface area contributed by atoms with Crippen LogP contribution in [0.4, 0.5) is 0 Å². The lowest BCUT2D eigenvalue weighted by Gasteiger charge is -2.12. The Hall–Kier alpha value is -1.06. The van der Waals surface area contributed by atoms with Gasteiger partial charge in [-0.2, -0.15) is 0 Å². The second-order valence-corrected chi connectivity index (χ2v) is 5.03. The van der Waals surface area contributed by atoms with E-state index >= 15 is 0 Å². The highest BCUT2D eigenvalue weighted by atomic mass is 16.5. The van der Waals surface area contributed by atoms with E-state index in [0.29, 0.717) is 12.5 Å². The van der Waals surface area contributed by atoms with Gasteiger partial charge < -0.3 is 14.8 Å². The number of ether oxygens (including phenoxy) is 2. The van der Waals surface area contributed by atoms with Crippen LogP contribution in [0.15, 0.2) is 18.2 Å². The number of nitrogens with one attached hydrogen (secondary N) is 1. The summed E-state index contributed by atoms with van der Waals surface area (Å²) in [5.74, 6) is 1.50. The molecule has 0 fully saturated rings. The Morgan fingerprint density at radius 1 is 1.11 bits per heavy atom. The molecule has 0 saturated carbocycles. The number of rotatable bonds is 9. The van der Waals surface area contributed by atoms with Gasteiger partial charge in [0.15, 0.2) is 0 Å². The molecule has 0 unspecified atom stereocenters. The van der Waals surface area contributed by atoms with Gasteiger partial charge in [0, 0.05) is 19.7 Å². The van der Waals surface area contributed by atoms with E-state index in [4.69, 9.17) is 9.47 Å². The molecule has 0 aliphatic rings. The zero-order chi connectivity index (χ0) is 14.1. The van der Waals surface area contributed by atoms with Crippen molar-refractivity contribution in [3.05, 3.63) is 29.3 Å². The summed E-state index contributed by atoms with van der Waals surface area (Å²) in [7, 11) is 0. The summed E-state index contributed by atoms with van der Waals surface area (Å²) in [6, 6.07) is 6.45. The fraction of sp³-hybridized carbons (Fsp3) is 0.625. The summed E-state index contributed by atoms with van der Waals surface area (Å²) in [5, 5.41) is 3.29. The van der Waals surface area contributed by atoms with Crippen molar-refractivity contribution in [3.63, 3.8) is 0 Å². The van der Waals surface area contributed by atoms with Crippen LogP contribution < -0.4 is 10.1 Å². The van der Waals surface area contributed by atoms with Crippen LogP contribution in [0.5, 0.6) is 5.75 Å². The largest absolute Gasteiger partial charge is 0.492 e. The maximum Gasteiger partial charge on any atom is 0.119 e. The summed E-state index contributed by atoms with van der Waals surface area (Å²) in [6.45, 7) is 12.5. The molecule has 1 aromatic carbocycles. The van der Waals surface area contributed by atoms with E-state index in [1.54, 1.807) is 0 Å². The molecule has 1 N–H and O–H groups in total. The van der Waals surface area contributed by atoms with Gasteiger partial charge in [0.1, 0.15) is 12.4 Å². The highest BCUT2D eigenvalue weighted by molar-refractivity contribution is 5.35. The van der Waals surface area contributed by atoms with Crippen molar-refractivity contribution < 1.29 is 9.47 Å². The van der Waals surface area contributed by atoms with Gasteiger partial charge in [-0.3, -0.25) is 0 Å². The Morgan fingerprint density at radius 3 is 2.53 bits per heavy atom. The molecule has 1 rings (SSSR count). The van der Waals surface area contributed by atoms with Crippen LogP contribution in [0.2, 0.25) is 0 Å². The third-order valence-electron chi connectivity index (χ3n) is 2.91. The van der Waals surface area contributed by atoms with Crippen molar-refractivity contribution in [1.29, 1.82) is 0 Å². The number of hydrogen-bond donors (Lipinski definition) is 1. The van der Waals surface area contributed by atoms with Gasteiger partial charge in [-0.15, -0.1) is 0 Å². The summed E-state index contributed by atoms with van der Waals surface area (Å²) < 4.78 is 11.0. The first kappa shape index (κ1) is 16.0. The molecule has 0 aromatic heterocycles. The van der Waals surface area contributed by atoms with Crippen LogP contribution in [-0.4, -0.2) is 32.9 Å². The zero-order valence-electron chi connectivity index (χ0n) is 12.7. The number of benzene rings is 1. The zero-order valence-corrected chi connectivity index (χ0v) is 12.7. The van der Waals surface area contributed by atoms with Crippen molar-refractivity contribution in [1.82, 2.24) is 5.32 Å². The van der Waals surface area contributed by atoms with Crippen molar-refractivity contribution >= 4 is 0 Å². The van der Waals surface area contributed by atoms with E-state index in [1.165, 1.54) is 11.1 Å². The van der Waals surface area contributed by atoms with Crippen LogP contribution in [0.1, 0.15) is 37.8 Å². The van der Waals surface area contributed by atoms with Gasteiger partial charge in [0.25, 0.3) is 0 Å². The quantitative estimate of drug-likeness (QED) is 0.696. The van der Waals surface area contributed by atoms with E-state index in [0.717, 1.165) is 32.1 Å². The first-order valence-corrected chi connectivity index (χ1v) is 7.16. The lowest BCUT2D eigenvalue weighted by Crippen LogP contribution is -2.25. The normalized spacial score (nSPS) is 11.0. The van der Waals surface area contributed by atoms with Crippen LogP contribution >= 0.6 is 0 Å². The highest BCUT2D eigenvalue weighted by Crippen LogP contribution is 2.22. The van der Waals surface area contributed by atoms with Crippen LogP contribution in [-0.2, 0) is 4.74 Å². The molecule has 108 valence electrons. The topological polar surface area (TPSA) is 30.5 Å². The Labute approximate surface area is 117 Å². The standard InChI is InChI=1S/C16H27NO2/c1-5-18-8-6-17-7-9-19-16-11-14(4)10-15(12-16)13(2)3/h10-13,17H,5-9H2,1-4H3. The monoisotopic (exact) mass is 265 g/mol. The van der Waals surface area contributed by atoms with E-state index < -0.39 is 0 Å². The van der Waals surface area contributed by atoms with E-state index in [2.05, 4.69) is 44.3 Å². The Kier molecular flexibility index (Phi) is 7.53. The Morgan fingerprint density at radius 2 is 1.84 bits per heavy atom. The molecule has 0 heterocycles. The molecule has 3 nitrogen and oxygen atoms in total. The van der Waals surface area contributed by atoms with Crippen molar-refractivity contribution in [2.24, 2.45) is 0 Å². The van der Waals surface area contributed by atoms with E-state index in [9.17, 15) is 0 Å². The van der Waals surface area contributed by atoms with Gasteiger partial charge in [-0.1, -0.05) is 19.9 Å². The fourth-order valence-corrected chi connectivity index (χ4v) is 1.85. The molecule has 0 aliphatic carbocycles. The molecular weight excluding hydrogens is 238 g/mol. The summed E-state index contributed by atoms with van der Waals surface area (Å²) in [6.07, 6.45) is 0. The molecule has 0 aliphatic heterocycles. The molecule has 0 radical (unpaired) electrons. The van der Waals surface area contributed by atoms with E-state index in [-0.39, 0.29) is 0 Å². The summed E-state index contributed by atoms with van der Waals surface area (Å²) in [5.41, 5.74) is 2.59. The number of aryl methyl sites for hydroxylation is 1. The molecule has 0 spiro atoms. The van der Waals surface area contributed by atoms with Crippen LogP contribution in [0.3, 0.4) is 0 Å². The second-order valence-electron chi connectivity index (χ2n) is 5.03. The minimum atomic E-state index is 0.534. The molecule has 1 aromatic rings. The summed E-state index contributed by atoms with van der Waals surface area (Å²) in [4.78, 5) is 0. The van der Waals surface area contributed by atoms with Gasteiger partial charge in [0.05, 0.1) is 6.61 Å².